The van der Waals surface area contributed by atoms with Crippen LogP contribution in [0.25, 0.3) is 0 Å². The monoisotopic (exact) mass is 398 g/mol. The van der Waals surface area contributed by atoms with Gasteiger partial charge in [0, 0.05) is 38.3 Å². The summed E-state index contributed by atoms with van der Waals surface area (Å²) in [6.07, 6.45) is 9.80. The zero-order chi connectivity index (χ0) is 18.1. The lowest BCUT2D eigenvalue weighted by Crippen LogP contribution is -2.56. The first kappa shape index (κ1) is 20.7. The van der Waals surface area contributed by atoms with E-state index in [1.807, 2.05) is 9.80 Å². The van der Waals surface area contributed by atoms with Crippen LogP contribution in [0.1, 0.15) is 57.8 Å². The van der Waals surface area contributed by atoms with Crippen LogP contribution in [0, 0.1) is 17.8 Å². The fourth-order valence-electron chi connectivity index (χ4n) is 5.78. The Morgan fingerprint density at radius 3 is 2.15 bits per heavy atom. The molecule has 4 aliphatic rings. The molecule has 3 atom stereocenters. The summed E-state index contributed by atoms with van der Waals surface area (Å²) < 4.78 is 0. The molecule has 2 bridgehead atoms. The molecule has 3 N–H and O–H groups in total. The third-order valence-corrected chi connectivity index (χ3v) is 7.12. The molecule has 154 valence electrons. The molecule has 0 aromatic carbocycles. The van der Waals surface area contributed by atoms with Crippen molar-refractivity contribution < 1.29 is 9.59 Å². The second kappa shape index (κ2) is 8.99. The molecule has 4 rings (SSSR count). The minimum atomic E-state index is -0.0494. The van der Waals surface area contributed by atoms with Crippen molar-refractivity contribution in [2.75, 3.05) is 26.2 Å². The number of rotatable bonds is 2. The lowest BCUT2D eigenvalue weighted by atomic mass is 9.67. The molecular weight excluding hydrogens is 364 g/mol. The van der Waals surface area contributed by atoms with Gasteiger partial charge in [0.15, 0.2) is 0 Å². The van der Waals surface area contributed by atoms with E-state index in [4.69, 9.17) is 5.73 Å². The number of carbonyl (C=O) groups excluding carboxylic acids is 2. The summed E-state index contributed by atoms with van der Waals surface area (Å²) in [7, 11) is 0. The summed E-state index contributed by atoms with van der Waals surface area (Å²) in [5.74, 6) is 1.22. The van der Waals surface area contributed by atoms with Crippen molar-refractivity contribution >= 4 is 24.3 Å². The van der Waals surface area contributed by atoms with E-state index in [0.29, 0.717) is 30.5 Å². The van der Waals surface area contributed by atoms with Crippen LogP contribution < -0.4 is 11.1 Å². The normalized spacial score (nSPS) is 36.1. The Labute approximate surface area is 169 Å². The average Bonchev–Trinajstić information content (AvgIpc) is 3.16. The molecule has 7 heteroatoms. The molecule has 2 saturated carbocycles. The van der Waals surface area contributed by atoms with E-state index in [0.717, 1.165) is 58.2 Å². The highest BCUT2D eigenvalue weighted by Crippen LogP contribution is 2.40. The van der Waals surface area contributed by atoms with Gasteiger partial charge in [0.1, 0.15) is 0 Å². The van der Waals surface area contributed by atoms with E-state index < -0.39 is 0 Å². The van der Waals surface area contributed by atoms with Gasteiger partial charge in [-0.15, -0.1) is 12.4 Å². The standard InChI is InChI=1S/C20H34N4O2.ClH/c21-17-11-14-5-3-6-15(12-17)18(14)22-19(25)16-7-4-10-24(13-16)20(26)23-8-1-2-9-23;/h14-18H,1-13,21H2,(H,22,25);1H. The second-order valence-electron chi connectivity index (χ2n) is 8.98. The number of hydrogen-bond acceptors (Lipinski definition) is 3. The average molecular weight is 399 g/mol. The molecule has 6 nitrogen and oxygen atoms in total. The molecule has 0 spiro atoms. The van der Waals surface area contributed by atoms with Crippen molar-refractivity contribution in [1.82, 2.24) is 15.1 Å². The van der Waals surface area contributed by atoms with Gasteiger partial charge in [-0.3, -0.25) is 4.79 Å². The lowest BCUT2D eigenvalue weighted by molar-refractivity contribution is -0.128. The van der Waals surface area contributed by atoms with Gasteiger partial charge < -0.3 is 20.9 Å². The lowest BCUT2D eigenvalue weighted by Gasteiger charge is -2.46. The summed E-state index contributed by atoms with van der Waals surface area (Å²) in [6.45, 7) is 3.13. The van der Waals surface area contributed by atoms with Crippen molar-refractivity contribution in [3.8, 4) is 0 Å². The van der Waals surface area contributed by atoms with Crippen molar-refractivity contribution in [3.05, 3.63) is 0 Å². The Hall–Kier alpha value is -1.01. The van der Waals surface area contributed by atoms with Crippen molar-refractivity contribution in [3.63, 3.8) is 0 Å². The quantitative estimate of drug-likeness (QED) is 0.749. The van der Waals surface area contributed by atoms with Gasteiger partial charge in [-0.1, -0.05) is 6.42 Å². The Kier molecular flexibility index (Phi) is 6.90. The predicted octanol–water partition coefficient (Wildman–Crippen LogP) is 2.36. The number of urea groups is 1. The van der Waals surface area contributed by atoms with E-state index in [9.17, 15) is 9.59 Å². The highest BCUT2D eigenvalue weighted by atomic mass is 35.5. The van der Waals surface area contributed by atoms with Crippen LogP contribution in [0.15, 0.2) is 0 Å². The summed E-state index contributed by atoms with van der Waals surface area (Å²) >= 11 is 0. The highest BCUT2D eigenvalue weighted by molar-refractivity contribution is 5.85. The number of likely N-dealkylation sites (tertiary alicyclic amines) is 2. The minimum Gasteiger partial charge on any atom is -0.353 e. The molecule has 4 fully saturated rings. The summed E-state index contributed by atoms with van der Waals surface area (Å²) in [4.78, 5) is 29.5. The summed E-state index contributed by atoms with van der Waals surface area (Å²) in [5.41, 5.74) is 6.21. The van der Waals surface area contributed by atoms with Crippen molar-refractivity contribution in [2.45, 2.75) is 69.9 Å². The fourth-order valence-corrected chi connectivity index (χ4v) is 5.78. The fraction of sp³-hybridized carbons (Fsp3) is 0.900. The number of piperidine rings is 1. The SMILES string of the molecule is Cl.NC1CC2CCCC(C1)C2NC(=O)C1CCCN(C(=O)N2CCCC2)C1. The van der Waals surface area contributed by atoms with Gasteiger partial charge in [-0.2, -0.15) is 0 Å². The number of hydrogen-bond donors (Lipinski definition) is 2. The highest BCUT2D eigenvalue weighted by Gasteiger charge is 2.41. The molecule has 2 aliphatic heterocycles. The van der Waals surface area contributed by atoms with Gasteiger partial charge in [0.25, 0.3) is 0 Å². The van der Waals surface area contributed by atoms with Crippen LogP contribution in [-0.2, 0) is 4.79 Å². The number of nitrogens with one attached hydrogen (secondary N) is 1. The molecule has 0 aromatic heterocycles. The molecular formula is C20H35ClN4O2. The number of carbonyl (C=O) groups is 2. The van der Waals surface area contributed by atoms with Crippen LogP contribution in [-0.4, -0.2) is 60.0 Å². The predicted molar refractivity (Wildman–Crippen MR) is 108 cm³/mol. The number of nitrogens with two attached hydrogens (primary N) is 1. The topological polar surface area (TPSA) is 78.7 Å². The Morgan fingerprint density at radius 1 is 0.852 bits per heavy atom. The smallest absolute Gasteiger partial charge is 0.320 e. The molecule has 2 aliphatic carbocycles. The van der Waals surface area contributed by atoms with E-state index >= 15 is 0 Å². The van der Waals surface area contributed by atoms with Gasteiger partial charge in [0.2, 0.25) is 5.91 Å². The number of amides is 3. The van der Waals surface area contributed by atoms with Gasteiger partial charge in [-0.05, 0) is 63.2 Å². The van der Waals surface area contributed by atoms with Crippen molar-refractivity contribution in [2.24, 2.45) is 23.5 Å². The maximum absolute atomic E-state index is 13.0. The van der Waals surface area contributed by atoms with E-state index in [2.05, 4.69) is 5.32 Å². The zero-order valence-corrected chi connectivity index (χ0v) is 17.1. The van der Waals surface area contributed by atoms with Gasteiger partial charge in [-0.25, -0.2) is 4.79 Å². The summed E-state index contributed by atoms with van der Waals surface area (Å²) in [6, 6.07) is 0.753. The largest absolute Gasteiger partial charge is 0.353 e. The van der Waals surface area contributed by atoms with Crippen LogP contribution >= 0.6 is 12.4 Å². The van der Waals surface area contributed by atoms with E-state index in [-0.39, 0.29) is 30.3 Å². The Bertz CT molecular complexity index is 526. The second-order valence-corrected chi connectivity index (χ2v) is 8.98. The third kappa shape index (κ3) is 4.53. The van der Waals surface area contributed by atoms with Crippen LogP contribution in [0.3, 0.4) is 0 Å². The molecule has 2 saturated heterocycles. The first-order valence-electron chi connectivity index (χ1n) is 10.7. The third-order valence-electron chi connectivity index (χ3n) is 7.12. The van der Waals surface area contributed by atoms with E-state index in [1.165, 1.54) is 19.3 Å². The van der Waals surface area contributed by atoms with Crippen LogP contribution in [0.2, 0.25) is 0 Å². The zero-order valence-electron chi connectivity index (χ0n) is 16.3. The Balaban J connectivity index is 0.00000210. The molecule has 0 aromatic rings. The first-order chi connectivity index (χ1) is 12.6. The molecule has 2 heterocycles. The summed E-state index contributed by atoms with van der Waals surface area (Å²) in [5, 5.41) is 3.39. The molecule has 27 heavy (non-hydrogen) atoms. The van der Waals surface area contributed by atoms with Crippen molar-refractivity contribution in [1.29, 1.82) is 0 Å². The Morgan fingerprint density at radius 2 is 1.48 bits per heavy atom. The minimum absolute atomic E-state index is 0. The maximum atomic E-state index is 13.0. The van der Waals surface area contributed by atoms with Crippen LogP contribution in [0.5, 0.6) is 0 Å². The number of halogens is 1. The maximum Gasteiger partial charge on any atom is 0.320 e. The van der Waals surface area contributed by atoms with Crippen LogP contribution in [0.4, 0.5) is 4.79 Å². The first-order valence-corrected chi connectivity index (χ1v) is 10.7. The van der Waals surface area contributed by atoms with Gasteiger partial charge >= 0.3 is 6.03 Å². The molecule has 3 amide bonds. The molecule has 3 unspecified atom stereocenters. The van der Waals surface area contributed by atoms with E-state index in [1.54, 1.807) is 0 Å². The van der Waals surface area contributed by atoms with Gasteiger partial charge in [0.05, 0.1) is 5.92 Å². The molecule has 0 radical (unpaired) electrons. The number of fused-ring (bicyclic) bond motifs is 2. The number of nitrogens with zero attached hydrogens (tertiary/aromatic N) is 2.